The van der Waals surface area contributed by atoms with Crippen LogP contribution in [-0.2, 0) is 17.9 Å². The maximum atomic E-state index is 6.38. The van der Waals surface area contributed by atoms with Crippen LogP contribution in [0.5, 0.6) is 11.5 Å². The maximum Gasteiger partial charge on any atom is 0.121 e. The summed E-state index contributed by atoms with van der Waals surface area (Å²) in [5.74, 6) is 1.63. The predicted octanol–water partition coefficient (Wildman–Crippen LogP) is 4.98. The van der Waals surface area contributed by atoms with Gasteiger partial charge in [0.2, 0.25) is 0 Å². The topological polar surface area (TPSA) is 39.7 Å². The number of rotatable bonds is 12. The molecule has 0 amide bonds. The van der Waals surface area contributed by atoms with E-state index in [0.29, 0.717) is 19.3 Å². The van der Waals surface area contributed by atoms with Crippen molar-refractivity contribution in [3.05, 3.63) is 58.6 Å². The van der Waals surface area contributed by atoms with E-state index in [2.05, 4.69) is 5.32 Å². The van der Waals surface area contributed by atoms with Gasteiger partial charge in [0.05, 0.1) is 6.61 Å². The smallest absolute Gasteiger partial charge is 0.121 e. The highest BCUT2D eigenvalue weighted by Crippen LogP contribution is 2.25. The summed E-state index contributed by atoms with van der Waals surface area (Å²) in [4.78, 5) is 0. The first-order valence-corrected chi connectivity index (χ1v) is 10.1. The number of nitrogens with one attached hydrogen (secondary N) is 1. The van der Waals surface area contributed by atoms with E-state index in [9.17, 15) is 0 Å². The van der Waals surface area contributed by atoms with Crippen molar-refractivity contribution < 1.29 is 14.2 Å². The lowest BCUT2D eigenvalue weighted by atomic mass is 10.2. The van der Waals surface area contributed by atoms with Gasteiger partial charge in [-0.1, -0.05) is 29.8 Å². The highest BCUT2D eigenvalue weighted by molar-refractivity contribution is 6.31. The summed E-state index contributed by atoms with van der Waals surface area (Å²) in [6.45, 7) is 5.41. The Morgan fingerprint density at radius 1 is 1.04 bits per heavy atom. The van der Waals surface area contributed by atoms with Gasteiger partial charge >= 0.3 is 0 Å². The molecule has 1 aliphatic rings. The molecule has 0 spiro atoms. The van der Waals surface area contributed by atoms with Crippen molar-refractivity contribution in [1.29, 1.82) is 0 Å². The minimum atomic E-state index is 0.478. The molecule has 0 aliphatic heterocycles. The minimum Gasteiger partial charge on any atom is -0.493 e. The quantitative estimate of drug-likeness (QED) is 0.520. The van der Waals surface area contributed by atoms with E-state index in [0.717, 1.165) is 53.8 Å². The van der Waals surface area contributed by atoms with E-state index in [1.807, 2.05) is 49.4 Å². The largest absolute Gasteiger partial charge is 0.493 e. The first kappa shape index (κ1) is 20.0. The van der Waals surface area contributed by atoms with Crippen LogP contribution in [0, 0.1) is 0 Å². The van der Waals surface area contributed by atoms with Crippen LogP contribution < -0.4 is 14.8 Å². The van der Waals surface area contributed by atoms with Crippen LogP contribution in [0.4, 0.5) is 0 Å². The fraction of sp³-hybridized carbons (Fsp3) is 0.455. The Hall–Kier alpha value is -1.75. The lowest BCUT2D eigenvalue weighted by molar-refractivity contribution is 0.131. The lowest BCUT2D eigenvalue weighted by Crippen LogP contribution is -2.15. The monoisotopic (exact) mass is 389 g/mol. The second-order valence-electron chi connectivity index (χ2n) is 6.74. The Kier molecular flexibility index (Phi) is 7.81. The molecule has 5 heteroatoms. The van der Waals surface area contributed by atoms with Crippen LogP contribution >= 0.6 is 11.6 Å². The third-order valence-corrected chi connectivity index (χ3v) is 4.74. The van der Waals surface area contributed by atoms with Crippen LogP contribution in [0.2, 0.25) is 5.02 Å². The van der Waals surface area contributed by atoms with Crippen LogP contribution in [0.25, 0.3) is 0 Å². The molecule has 0 radical (unpaired) electrons. The minimum absolute atomic E-state index is 0.478. The lowest BCUT2D eigenvalue weighted by Gasteiger charge is -2.11. The molecule has 0 heterocycles. The van der Waals surface area contributed by atoms with E-state index in [1.165, 1.54) is 12.8 Å². The highest BCUT2D eigenvalue weighted by Gasteiger charge is 2.20. The van der Waals surface area contributed by atoms with Gasteiger partial charge in [-0.05, 0) is 55.2 Å². The van der Waals surface area contributed by atoms with Gasteiger partial charge in [-0.15, -0.1) is 0 Å². The molecule has 2 aromatic rings. The number of hydrogen-bond donors (Lipinski definition) is 1. The summed E-state index contributed by atoms with van der Waals surface area (Å²) in [5, 5.41) is 4.22. The molecule has 146 valence electrons. The first-order chi connectivity index (χ1) is 13.2. The number of halogens is 1. The Balaban J connectivity index is 1.46. The molecular formula is C22H28ClNO3. The number of hydrogen-bond acceptors (Lipinski definition) is 4. The second-order valence-corrected chi connectivity index (χ2v) is 7.15. The molecule has 0 atom stereocenters. The summed E-state index contributed by atoms with van der Waals surface area (Å²) in [5.41, 5.74) is 2.17. The predicted molar refractivity (Wildman–Crippen MR) is 109 cm³/mol. The average molecular weight is 390 g/mol. The zero-order chi connectivity index (χ0) is 18.9. The van der Waals surface area contributed by atoms with Crippen molar-refractivity contribution >= 4 is 11.6 Å². The summed E-state index contributed by atoms with van der Waals surface area (Å²) >= 11 is 6.38. The molecule has 0 aromatic heterocycles. The van der Waals surface area contributed by atoms with E-state index in [-0.39, 0.29) is 0 Å². The second kappa shape index (κ2) is 10.5. The van der Waals surface area contributed by atoms with Crippen molar-refractivity contribution in [2.45, 2.75) is 45.4 Å². The van der Waals surface area contributed by atoms with Gasteiger partial charge in [0.25, 0.3) is 0 Å². The van der Waals surface area contributed by atoms with Crippen LogP contribution in [0.1, 0.15) is 37.3 Å². The molecule has 1 fully saturated rings. The number of ether oxygens (including phenoxy) is 3. The molecule has 2 aromatic carbocycles. The first-order valence-electron chi connectivity index (χ1n) is 9.68. The molecule has 0 saturated heterocycles. The Morgan fingerprint density at radius 2 is 1.89 bits per heavy atom. The van der Waals surface area contributed by atoms with Crippen LogP contribution in [-0.4, -0.2) is 25.9 Å². The van der Waals surface area contributed by atoms with E-state index < -0.39 is 0 Å². The molecule has 1 aliphatic carbocycles. The zero-order valence-corrected chi connectivity index (χ0v) is 16.6. The van der Waals surface area contributed by atoms with E-state index in [1.54, 1.807) is 0 Å². The van der Waals surface area contributed by atoms with E-state index in [4.69, 9.17) is 25.8 Å². The Labute approximate surface area is 166 Å². The van der Waals surface area contributed by atoms with Crippen molar-refractivity contribution in [3.63, 3.8) is 0 Å². The van der Waals surface area contributed by atoms with Crippen LogP contribution in [0.15, 0.2) is 42.5 Å². The fourth-order valence-electron chi connectivity index (χ4n) is 2.69. The third-order valence-electron chi connectivity index (χ3n) is 4.39. The van der Waals surface area contributed by atoms with Crippen molar-refractivity contribution in [2.24, 2.45) is 0 Å². The normalized spacial score (nSPS) is 13.6. The zero-order valence-electron chi connectivity index (χ0n) is 15.9. The van der Waals surface area contributed by atoms with Crippen molar-refractivity contribution in [1.82, 2.24) is 5.32 Å². The van der Waals surface area contributed by atoms with E-state index >= 15 is 0 Å². The van der Waals surface area contributed by atoms with Crippen LogP contribution in [0.3, 0.4) is 0 Å². The molecule has 1 N–H and O–H groups in total. The Bertz CT molecular complexity index is 718. The molecule has 0 unspecified atom stereocenters. The van der Waals surface area contributed by atoms with Crippen molar-refractivity contribution in [2.75, 3.05) is 19.8 Å². The SMILES string of the molecule is CCOCCCOc1cccc(COc2ccc(CNC3CC3)c(Cl)c2)c1. The average Bonchev–Trinajstić information content (AvgIpc) is 3.50. The molecule has 1 saturated carbocycles. The molecule has 0 bridgehead atoms. The molecular weight excluding hydrogens is 362 g/mol. The summed E-state index contributed by atoms with van der Waals surface area (Å²) in [6.07, 6.45) is 3.43. The van der Waals surface area contributed by atoms with Gasteiger partial charge in [-0.2, -0.15) is 0 Å². The van der Waals surface area contributed by atoms with Crippen molar-refractivity contribution in [3.8, 4) is 11.5 Å². The fourth-order valence-corrected chi connectivity index (χ4v) is 2.93. The van der Waals surface area contributed by atoms with Gasteiger partial charge in [0.1, 0.15) is 18.1 Å². The maximum absolute atomic E-state index is 6.38. The van der Waals surface area contributed by atoms with Gasteiger partial charge < -0.3 is 19.5 Å². The standard InChI is InChI=1S/C22H28ClNO3/c1-2-25-11-4-12-26-20-6-3-5-17(13-20)16-27-21-10-7-18(22(23)14-21)15-24-19-8-9-19/h3,5-7,10,13-14,19,24H,2,4,8-9,11-12,15-16H2,1H3. The third kappa shape index (κ3) is 7.06. The summed E-state index contributed by atoms with van der Waals surface area (Å²) in [6, 6.07) is 14.6. The molecule has 27 heavy (non-hydrogen) atoms. The molecule has 4 nitrogen and oxygen atoms in total. The summed E-state index contributed by atoms with van der Waals surface area (Å²) in [7, 11) is 0. The van der Waals surface area contributed by atoms with Gasteiger partial charge in [-0.3, -0.25) is 0 Å². The van der Waals surface area contributed by atoms with Gasteiger partial charge in [0.15, 0.2) is 0 Å². The Morgan fingerprint density at radius 3 is 2.67 bits per heavy atom. The van der Waals surface area contributed by atoms with Gasteiger partial charge in [0, 0.05) is 37.2 Å². The molecule has 3 rings (SSSR count). The summed E-state index contributed by atoms with van der Waals surface area (Å²) < 4.78 is 17.0. The van der Waals surface area contributed by atoms with Gasteiger partial charge in [-0.25, -0.2) is 0 Å². The number of benzene rings is 2. The highest BCUT2D eigenvalue weighted by atomic mass is 35.5.